The molecule has 3 heterocycles. The monoisotopic (exact) mass is 445 g/mol. The fraction of sp³-hybridized carbons (Fsp3) is 0.250. The minimum absolute atomic E-state index is 0.00609. The molecule has 0 spiro atoms. The van der Waals surface area contributed by atoms with Crippen LogP contribution in [0.1, 0.15) is 56.9 Å². The Morgan fingerprint density at radius 2 is 2.19 bits per heavy atom. The molecule has 1 unspecified atom stereocenters. The summed E-state index contributed by atoms with van der Waals surface area (Å²) in [4.78, 5) is 33.2. The molecular weight excluding hydrogens is 421 g/mol. The van der Waals surface area contributed by atoms with Gasteiger partial charge >= 0.3 is 0 Å². The third-order valence-corrected chi connectivity index (χ3v) is 6.47. The second kappa shape index (κ2) is 8.57. The lowest BCUT2D eigenvalue weighted by Crippen LogP contribution is -2.30. The van der Waals surface area contributed by atoms with Crippen LogP contribution < -0.4 is 11.1 Å². The minimum Gasteiger partial charge on any atom is -0.364 e. The summed E-state index contributed by atoms with van der Waals surface area (Å²) in [6.07, 6.45) is 5.19. The fourth-order valence-electron chi connectivity index (χ4n) is 4.33. The Bertz CT molecular complexity index is 1240. The first-order chi connectivity index (χ1) is 15.4. The predicted molar refractivity (Wildman–Crippen MR) is 129 cm³/mol. The molecule has 0 saturated heterocycles. The summed E-state index contributed by atoms with van der Waals surface area (Å²) in [6.45, 7) is 7.27. The van der Waals surface area contributed by atoms with Crippen molar-refractivity contribution in [2.75, 3.05) is 7.05 Å². The van der Waals surface area contributed by atoms with E-state index in [0.29, 0.717) is 17.4 Å². The maximum atomic E-state index is 12.6. The van der Waals surface area contributed by atoms with Gasteiger partial charge in [0.2, 0.25) is 0 Å². The van der Waals surface area contributed by atoms with Crippen LogP contribution in [0.25, 0.3) is 11.4 Å². The second-order valence-electron chi connectivity index (χ2n) is 7.80. The van der Waals surface area contributed by atoms with Crippen LogP contribution in [0.4, 0.5) is 0 Å². The first-order valence-corrected chi connectivity index (χ1v) is 10.9. The van der Waals surface area contributed by atoms with Gasteiger partial charge < -0.3 is 15.6 Å². The van der Waals surface area contributed by atoms with E-state index >= 15 is 0 Å². The Kier molecular flexibility index (Phi) is 5.82. The SMILES string of the molecule is C=C/C=C(\N=C)[C@H](P)C#Cc1ccc2c(c1)-c1nc(C(N)=O)c(C(=O)NC)n1C1CC2C1. The summed E-state index contributed by atoms with van der Waals surface area (Å²) in [5, 5.41) is 2.61. The number of hydrogen-bond acceptors (Lipinski definition) is 4. The Morgan fingerprint density at radius 1 is 1.44 bits per heavy atom. The molecule has 2 amide bonds. The van der Waals surface area contributed by atoms with Crippen molar-refractivity contribution in [3.05, 3.63) is 65.1 Å². The Morgan fingerprint density at radius 3 is 2.81 bits per heavy atom. The summed E-state index contributed by atoms with van der Waals surface area (Å²) in [5.74, 6) is 6.23. The summed E-state index contributed by atoms with van der Waals surface area (Å²) in [6, 6.07) is 6.13. The first-order valence-electron chi connectivity index (χ1n) is 10.2. The number of amides is 2. The van der Waals surface area contributed by atoms with Crippen molar-refractivity contribution in [2.45, 2.75) is 30.5 Å². The summed E-state index contributed by atoms with van der Waals surface area (Å²) in [7, 11) is 4.17. The molecule has 32 heavy (non-hydrogen) atoms. The van der Waals surface area contributed by atoms with Crippen LogP contribution in [0.3, 0.4) is 0 Å². The highest BCUT2D eigenvalue weighted by Crippen LogP contribution is 2.52. The number of allylic oxidation sites excluding steroid dienone is 3. The van der Waals surface area contributed by atoms with E-state index in [-0.39, 0.29) is 29.0 Å². The van der Waals surface area contributed by atoms with E-state index < -0.39 is 5.91 Å². The quantitative estimate of drug-likeness (QED) is 0.320. The van der Waals surface area contributed by atoms with Crippen molar-refractivity contribution in [3.8, 4) is 23.2 Å². The van der Waals surface area contributed by atoms with E-state index in [0.717, 1.165) is 29.5 Å². The highest BCUT2D eigenvalue weighted by Gasteiger charge is 2.42. The number of hydrogen-bond donors (Lipinski definition) is 2. The van der Waals surface area contributed by atoms with E-state index in [2.05, 4.69) is 55.7 Å². The van der Waals surface area contributed by atoms with Crippen molar-refractivity contribution in [2.24, 2.45) is 10.7 Å². The number of aliphatic imine (C=N–C) groups is 1. The lowest BCUT2D eigenvalue weighted by atomic mass is 9.75. The molecule has 1 aromatic carbocycles. The second-order valence-corrected chi connectivity index (χ2v) is 8.47. The zero-order chi connectivity index (χ0) is 23.0. The minimum atomic E-state index is -0.721. The van der Waals surface area contributed by atoms with Gasteiger partial charge in [-0.05, 0) is 49.2 Å². The van der Waals surface area contributed by atoms with Crippen molar-refractivity contribution in [3.63, 3.8) is 0 Å². The first kappa shape index (κ1) is 21.7. The zero-order valence-corrected chi connectivity index (χ0v) is 18.9. The van der Waals surface area contributed by atoms with Gasteiger partial charge in [0.05, 0.1) is 11.4 Å². The highest BCUT2D eigenvalue weighted by molar-refractivity contribution is 7.18. The lowest BCUT2D eigenvalue weighted by Gasteiger charge is -2.35. The van der Waals surface area contributed by atoms with Gasteiger partial charge in [-0.1, -0.05) is 30.6 Å². The number of nitrogens with zero attached hydrogens (tertiary/aromatic N) is 3. The van der Waals surface area contributed by atoms with E-state index in [1.54, 1.807) is 12.2 Å². The van der Waals surface area contributed by atoms with Crippen LogP contribution in [-0.2, 0) is 0 Å². The molecule has 2 atom stereocenters. The molecule has 1 fully saturated rings. The smallest absolute Gasteiger partial charge is 0.270 e. The summed E-state index contributed by atoms with van der Waals surface area (Å²) in [5.41, 5.74) is 9.14. The van der Waals surface area contributed by atoms with Crippen LogP contribution in [0, 0.1) is 11.8 Å². The lowest BCUT2D eigenvalue weighted by molar-refractivity contribution is 0.0928. The molecule has 1 aromatic heterocycles. The molecular formula is C24H24N5O2P. The molecule has 3 N–H and O–H groups in total. The van der Waals surface area contributed by atoms with Crippen molar-refractivity contribution in [1.29, 1.82) is 0 Å². The molecule has 3 aliphatic rings. The molecule has 1 aliphatic carbocycles. The molecule has 162 valence electrons. The Hall–Kier alpha value is -3.49. The molecule has 2 aliphatic heterocycles. The van der Waals surface area contributed by atoms with Gasteiger partial charge in [0.25, 0.3) is 11.8 Å². The van der Waals surface area contributed by atoms with E-state index in [9.17, 15) is 9.59 Å². The number of imidazole rings is 1. The third-order valence-electron chi connectivity index (χ3n) is 5.96. The fourth-order valence-corrected chi connectivity index (χ4v) is 4.63. The Labute approximate surface area is 189 Å². The van der Waals surface area contributed by atoms with Crippen LogP contribution in [0.5, 0.6) is 0 Å². The number of aromatic nitrogens is 2. The highest BCUT2D eigenvalue weighted by atomic mass is 31.0. The number of primary amides is 1. The molecule has 1 saturated carbocycles. The van der Waals surface area contributed by atoms with Crippen molar-refractivity contribution in [1.82, 2.24) is 14.9 Å². The standard InChI is InChI=1S/C24H24N5O2P/c1-4-5-18(26-2)19(32)9-7-13-6-8-16-14-11-15(12-14)29-21(24(31)27-3)20(22(25)30)28-23(29)17(16)10-13/h4-6,8,10,14-15,19H,1-2,11-12,32H2,3H3,(H2,25,30)(H,27,31)/b18-5-/t14?,15?,19-/m1/s1. The van der Waals surface area contributed by atoms with Crippen molar-refractivity contribution < 1.29 is 9.59 Å². The number of nitrogens with two attached hydrogens (primary N) is 1. The molecule has 0 radical (unpaired) electrons. The van der Waals surface area contributed by atoms with E-state index in [1.165, 1.54) is 7.05 Å². The number of carbonyl (C=O) groups excluding carboxylic acids is 2. The van der Waals surface area contributed by atoms with Crippen LogP contribution >= 0.6 is 9.24 Å². The average Bonchev–Trinajstić information content (AvgIpc) is 3.03. The largest absolute Gasteiger partial charge is 0.364 e. The van der Waals surface area contributed by atoms with Gasteiger partial charge in [-0.3, -0.25) is 14.6 Å². The third kappa shape index (κ3) is 3.57. The topological polar surface area (TPSA) is 102 Å². The average molecular weight is 445 g/mol. The summed E-state index contributed by atoms with van der Waals surface area (Å²) < 4.78 is 1.88. The normalized spacial score (nSPS) is 19.1. The van der Waals surface area contributed by atoms with Crippen LogP contribution in [0.15, 0.2) is 47.6 Å². The summed E-state index contributed by atoms with van der Waals surface area (Å²) >= 11 is 0. The zero-order valence-electron chi connectivity index (χ0n) is 17.8. The molecule has 7 nitrogen and oxygen atoms in total. The molecule has 2 aromatic rings. The maximum Gasteiger partial charge on any atom is 0.270 e. The van der Waals surface area contributed by atoms with Gasteiger partial charge in [0.15, 0.2) is 5.69 Å². The van der Waals surface area contributed by atoms with E-state index in [4.69, 9.17) is 5.73 Å². The van der Waals surface area contributed by atoms with Gasteiger partial charge in [0, 0.05) is 24.2 Å². The van der Waals surface area contributed by atoms with E-state index in [1.807, 2.05) is 16.7 Å². The van der Waals surface area contributed by atoms with Gasteiger partial charge in [-0.25, -0.2) is 4.98 Å². The molecule has 8 heteroatoms. The van der Waals surface area contributed by atoms with Crippen LogP contribution in [-0.4, -0.2) is 40.8 Å². The molecule has 5 rings (SSSR count). The van der Waals surface area contributed by atoms with Crippen molar-refractivity contribution >= 4 is 27.8 Å². The van der Waals surface area contributed by atoms with Gasteiger partial charge in [-0.15, -0.1) is 9.24 Å². The molecule has 2 bridgehead atoms. The van der Waals surface area contributed by atoms with Gasteiger partial charge in [0.1, 0.15) is 11.5 Å². The van der Waals surface area contributed by atoms with Gasteiger partial charge in [-0.2, -0.15) is 0 Å². The van der Waals surface area contributed by atoms with Crippen LogP contribution in [0.2, 0.25) is 0 Å². The predicted octanol–water partition coefficient (Wildman–Crippen LogP) is 2.81. The number of rotatable bonds is 5. The maximum absolute atomic E-state index is 12.6. The number of benzene rings is 1. The Balaban J connectivity index is 1.84. The number of carbonyl (C=O) groups is 2. The number of nitrogens with one attached hydrogen (secondary N) is 1.